The second-order valence-electron chi connectivity index (χ2n) is 6.53. The van der Waals surface area contributed by atoms with Crippen molar-refractivity contribution < 1.29 is 17.6 Å². The molecule has 0 aliphatic rings. The zero-order valence-electron chi connectivity index (χ0n) is 16.3. The van der Waals surface area contributed by atoms with E-state index < -0.39 is 28.3 Å². The number of carbonyl (C=O) groups is 1. The summed E-state index contributed by atoms with van der Waals surface area (Å²) in [5.74, 6) is -1.16. The van der Waals surface area contributed by atoms with Gasteiger partial charge in [0, 0.05) is 17.1 Å². The third kappa shape index (κ3) is 6.21. The van der Waals surface area contributed by atoms with Crippen LogP contribution in [-0.2, 0) is 21.4 Å². The van der Waals surface area contributed by atoms with Gasteiger partial charge in [-0.15, -0.1) is 0 Å². The molecule has 0 unspecified atom stereocenters. The first-order valence-electron chi connectivity index (χ1n) is 9.22. The number of benzene rings is 3. The fourth-order valence-electron chi connectivity index (χ4n) is 2.71. The Kier molecular flexibility index (Phi) is 7.51. The molecule has 0 aliphatic heterocycles. The number of sulfonamides is 1. The zero-order chi connectivity index (χ0) is 22.3. The zero-order valence-corrected chi connectivity index (χ0v) is 17.9. The van der Waals surface area contributed by atoms with E-state index in [0.29, 0.717) is 10.6 Å². The lowest BCUT2D eigenvalue weighted by Gasteiger charge is -2.21. The van der Waals surface area contributed by atoms with E-state index in [1.54, 1.807) is 48.5 Å². The highest BCUT2D eigenvalue weighted by Crippen LogP contribution is 2.19. The molecule has 0 aromatic heterocycles. The van der Waals surface area contributed by atoms with Crippen LogP contribution in [0, 0.1) is 5.82 Å². The molecule has 0 atom stereocenters. The minimum atomic E-state index is -3.96. The molecule has 9 heteroatoms. The molecule has 0 heterocycles. The van der Waals surface area contributed by atoms with E-state index in [0.717, 1.165) is 10.5 Å². The molecule has 0 saturated heterocycles. The maximum atomic E-state index is 13.6. The van der Waals surface area contributed by atoms with E-state index in [2.05, 4.69) is 10.5 Å². The van der Waals surface area contributed by atoms with E-state index >= 15 is 0 Å². The summed E-state index contributed by atoms with van der Waals surface area (Å²) >= 11 is 5.90. The van der Waals surface area contributed by atoms with Crippen molar-refractivity contribution in [3.63, 3.8) is 0 Å². The number of hydrogen-bond donors (Lipinski definition) is 1. The number of hydrazone groups is 1. The van der Waals surface area contributed by atoms with E-state index in [9.17, 15) is 17.6 Å². The van der Waals surface area contributed by atoms with Crippen LogP contribution in [0.2, 0.25) is 5.02 Å². The maximum Gasteiger partial charge on any atom is 0.255 e. The van der Waals surface area contributed by atoms with Crippen molar-refractivity contribution in [3.05, 3.63) is 101 Å². The number of hydrogen-bond acceptors (Lipinski definition) is 4. The Balaban J connectivity index is 1.78. The lowest BCUT2D eigenvalue weighted by Crippen LogP contribution is -2.39. The molecule has 0 fully saturated rings. The van der Waals surface area contributed by atoms with Gasteiger partial charge in [0.1, 0.15) is 5.82 Å². The Labute approximate surface area is 185 Å². The lowest BCUT2D eigenvalue weighted by molar-refractivity contribution is -0.121. The average molecular weight is 460 g/mol. The van der Waals surface area contributed by atoms with Gasteiger partial charge in [-0.1, -0.05) is 60.1 Å². The highest BCUT2D eigenvalue weighted by Gasteiger charge is 2.26. The van der Waals surface area contributed by atoms with Gasteiger partial charge in [0.15, 0.2) is 0 Å². The largest absolute Gasteiger partial charge is 0.272 e. The molecule has 0 bridgehead atoms. The third-order valence-electron chi connectivity index (χ3n) is 4.27. The number of nitrogens with zero attached hydrogens (tertiary/aromatic N) is 2. The first-order valence-corrected chi connectivity index (χ1v) is 11.0. The van der Waals surface area contributed by atoms with Crippen LogP contribution in [0.4, 0.5) is 4.39 Å². The molecule has 3 aromatic rings. The molecule has 160 valence electrons. The van der Waals surface area contributed by atoms with Crippen molar-refractivity contribution in [2.24, 2.45) is 5.10 Å². The van der Waals surface area contributed by atoms with Crippen LogP contribution in [0.25, 0.3) is 0 Å². The Hall–Kier alpha value is -3.07. The Morgan fingerprint density at radius 2 is 1.65 bits per heavy atom. The molecule has 0 saturated carbocycles. The molecular weight excluding hydrogens is 441 g/mol. The number of nitrogens with one attached hydrogen (secondary N) is 1. The molecule has 1 amide bonds. The molecule has 6 nitrogen and oxygen atoms in total. The molecular formula is C22H19ClFN3O3S. The molecule has 1 N–H and O–H groups in total. The Bertz CT molecular complexity index is 1170. The van der Waals surface area contributed by atoms with Crippen molar-refractivity contribution in [2.45, 2.75) is 11.4 Å². The summed E-state index contributed by atoms with van der Waals surface area (Å²) in [6.45, 7) is -0.521. The molecule has 3 aromatic carbocycles. The van der Waals surface area contributed by atoms with Gasteiger partial charge in [-0.3, -0.25) is 4.79 Å². The summed E-state index contributed by atoms with van der Waals surface area (Å²) in [6, 6.07) is 20.4. The fourth-order valence-corrected chi connectivity index (χ4v) is 4.24. The van der Waals surface area contributed by atoms with Gasteiger partial charge in [-0.05, 0) is 35.9 Å². The molecule has 31 heavy (non-hydrogen) atoms. The van der Waals surface area contributed by atoms with Crippen molar-refractivity contribution in [1.29, 1.82) is 0 Å². The minimum absolute atomic E-state index is 0.0428. The topological polar surface area (TPSA) is 78.8 Å². The lowest BCUT2D eigenvalue weighted by atomic mass is 10.2. The van der Waals surface area contributed by atoms with Crippen molar-refractivity contribution in [3.8, 4) is 0 Å². The van der Waals surface area contributed by atoms with Crippen molar-refractivity contribution in [2.75, 3.05) is 6.54 Å². The number of rotatable bonds is 8. The summed E-state index contributed by atoms with van der Waals surface area (Å²) in [4.78, 5) is 12.5. The van der Waals surface area contributed by atoms with Gasteiger partial charge in [0.25, 0.3) is 5.91 Å². The predicted octanol–water partition coefficient (Wildman–Crippen LogP) is 3.82. The summed E-state index contributed by atoms with van der Waals surface area (Å²) in [7, 11) is -3.96. The highest BCUT2D eigenvalue weighted by molar-refractivity contribution is 7.89. The maximum absolute atomic E-state index is 13.6. The smallest absolute Gasteiger partial charge is 0.255 e. The van der Waals surface area contributed by atoms with Crippen LogP contribution in [-0.4, -0.2) is 31.4 Å². The quantitative estimate of drug-likeness (QED) is 0.411. The first-order chi connectivity index (χ1) is 14.9. The van der Waals surface area contributed by atoms with E-state index in [-0.39, 0.29) is 17.0 Å². The second-order valence-corrected chi connectivity index (χ2v) is 8.90. The van der Waals surface area contributed by atoms with Crippen molar-refractivity contribution in [1.82, 2.24) is 9.73 Å². The van der Waals surface area contributed by atoms with Crippen LogP contribution in [0.5, 0.6) is 0 Å². The SMILES string of the molecule is O=C(CN(Cc1ccc(Cl)cc1)S(=O)(=O)c1ccccc1)N/N=C\c1ccccc1F. The molecule has 0 radical (unpaired) electrons. The normalized spacial score (nSPS) is 11.7. The van der Waals surface area contributed by atoms with E-state index in [1.807, 2.05) is 0 Å². The van der Waals surface area contributed by atoms with Crippen LogP contribution < -0.4 is 5.43 Å². The highest BCUT2D eigenvalue weighted by atomic mass is 35.5. The Morgan fingerprint density at radius 1 is 1.00 bits per heavy atom. The average Bonchev–Trinajstić information content (AvgIpc) is 2.77. The minimum Gasteiger partial charge on any atom is -0.272 e. The number of halogens is 2. The summed E-state index contributed by atoms with van der Waals surface area (Å²) in [6.07, 6.45) is 1.16. The van der Waals surface area contributed by atoms with Gasteiger partial charge in [0.2, 0.25) is 10.0 Å². The van der Waals surface area contributed by atoms with Crippen LogP contribution in [0.3, 0.4) is 0 Å². The second kappa shape index (κ2) is 10.3. The predicted molar refractivity (Wildman–Crippen MR) is 118 cm³/mol. The first kappa shape index (κ1) is 22.6. The Morgan fingerprint density at radius 3 is 2.32 bits per heavy atom. The standard InChI is InChI=1S/C22H19ClFN3O3S/c23-19-12-10-17(11-13-19)15-27(31(29,30)20-7-2-1-3-8-20)16-22(28)26-25-14-18-6-4-5-9-21(18)24/h1-14H,15-16H2,(H,26,28)/b25-14-. The molecule has 0 spiro atoms. The fraction of sp³-hybridized carbons (Fsp3) is 0.0909. The summed E-state index contributed by atoms with van der Waals surface area (Å²) in [5, 5.41) is 4.24. The van der Waals surface area contributed by atoms with Crippen LogP contribution in [0.15, 0.2) is 88.9 Å². The summed E-state index contributed by atoms with van der Waals surface area (Å²) < 4.78 is 40.9. The summed E-state index contributed by atoms with van der Waals surface area (Å²) in [5.41, 5.74) is 3.10. The van der Waals surface area contributed by atoms with E-state index in [4.69, 9.17) is 11.6 Å². The van der Waals surface area contributed by atoms with Gasteiger partial charge in [-0.2, -0.15) is 9.41 Å². The molecule has 3 rings (SSSR count). The number of carbonyl (C=O) groups excluding carboxylic acids is 1. The number of amides is 1. The van der Waals surface area contributed by atoms with E-state index in [1.165, 1.54) is 30.3 Å². The van der Waals surface area contributed by atoms with Gasteiger partial charge >= 0.3 is 0 Å². The third-order valence-corrected chi connectivity index (χ3v) is 6.33. The van der Waals surface area contributed by atoms with Gasteiger partial charge in [0.05, 0.1) is 17.7 Å². The monoisotopic (exact) mass is 459 g/mol. The van der Waals surface area contributed by atoms with Crippen LogP contribution in [0.1, 0.15) is 11.1 Å². The van der Waals surface area contributed by atoms with Crippen LogP contribution >= 0.6 is 11.6 Å². The molecule has 0 aliphatic carbocycles. The van der Waals surface area contributed by atoms with Crippen molar-refractivity contribution >= 4 is 33.7 Å². The van der Waals surface area contributed by atoms with Gasteiger partial charge < -0.3 is 0 Å². The van der Waals surface area contributed by atoms with Gasteiger partial charge in [-0.25, -0.2) is 18.2 Å².